The van der Waals surface area contributed by atoms with E-state index in [4.69, 9.17) is 4.74 Å². The normalized spacial score (nSPS) is 10.6. The Hall–Kier alpha value is -3.72. The molecule has 0 bridgehead atoms. The molecule has 30 heavy (non-hydrogen) atoms. The summed E-state index contributed by atoms with van der Waals surface area (Å²) in [5.74, 6) is -1.26. The van der Waals surface area contributed by atoms with Crippen molar-refractivity contribution in [2.24, 2.45) is 0 Å². The largest absolute Gasteiger partial charge is 0.383 e. The fourth-order valence-electron chi connectivity index (χ4n) is 2.86. The number of amides is 1. The lowest BCUT2D eigenvalue weighted by molar-refractivity contribution is 0.102. The molecule has 0 unspecified atom stereocenters. The van der Waals surface area contributed by atoms with Crippen LogP contribution in [0.25, 0.3) is 0 Å². The van der Waals surface area contributed by atoms with Crippen molar-refractivity contribution in [2.45, 2.75) is 13.1 Å². The van der Waals surface area contributed by atoms with Gasteiger partial charge in [-0.25, -0.2) is 9.18 Å². The number of carbonyl (C=O) groups excluding carboxylic acids is 1. The van der Waals surface area contributed by atoms with Gasteiger partial charge in [0.15, 0.2) is 0 Å². The Morgan fingerprint density at radius 3 is 2.60 bits per heavy atom. The van der Waals surface area contributed by atoms with E-state index in [-0.39, 0.29) is 36.8 Å². The lowest BCUT2D eigenvalue weighted by Crippen LogP contribution is -2.36. The average Bonchev–Trinajstić information content (AvgIpc) is 2.73. The van der Waals surface area contributed by atoms with Crippen molar-refractivity contribution in [1.29, 1.82) is 0 Å². The first-order chi connectivity index (χ1) is 14.5. The summed E-state index contributed by atoms with van der Waals surface area (Å²) in [5, 5.41) is 5.55. The van der Waals surface area contributed by atoms with Crippen LogP contribution in [0.15, 0.2) is 64.2 Å². The van der Waals surface area contributed by atoms with Gasteiger partial charge in [-0.1, -0.05) is 36.4 Å². The molecule has 1 aromatic heterocycles. The highest BCUT2D eigenvalue weighted by atomic mass is 19.1. The summed E-state index contributed by atoms with van der Waals surface area (Å²) in [7, 11) is 1.47. The van der Waals surface area contributed by atoms with E-state index in [9.17, 15) is 18.8 Å². The van der Waals surface area contributed by atoms with Crippen LogP contribution in [0.2, 0.25) is 0 Å². The van der Waals surface area contributed by atoms with Crippen molar-refractivity contribution in [2.75, 3.05) is 24.4 Å². The SMILES string of the molecule is COCCn1c(NC(=O)c2cccc(F)c2)c(NCc2ccccc2)c(=O)[nH]c1=O. The molecule has 0 radical (unpaired) electrons. The van der Waals surface area contributed by atoms with Crippen LogP contribution in [-0.4, -0.2) is 29.2 Å². The fourth-order valence-corrected chi connectivity index (χ4v) is 2.86. The van der Waals surface area contributed by atoms with Crippen LogP contribution < -0.4 is 21.9 Å². The number of halogens is 1. The molecular formula is C21H21FN4O4. The lowest BCUT2D eigenvalue weighted by Gasteiger charge is -2.18. The van der Waals surface area contributed by atoms with Gasteiger partial charge in [0.1, 0.15) is 17.3 Å². The smallest absolute Gasteiger partial charge is 0.330 e. The van der Waals surface area contributed by atoms with E-state index in [0.29, 0.717) is 0 Å². The molecule has 2 aromatic carbocycles. The summed E-state index contributed by atoms with van der Waals surface area (Å²) in [4.78, 5) is 39.8. The van der Waals surface area contributed by atoms with E-state index < -0.39 is 23.0 Å². The van der Waals surface area contributed by atoms with E-state index in [1.807, 2.05) is 30.3 Å². The molecule has 0 saturated carbocycles. The first-order valence-electron chi connectivity index (χ1n) is 9.20. The van der Waals surface area contributed by atoms with Crippen molar-refractivity contribution < 1.29 is 13.9 Å². The Morgan fingerprint density at radius 1 is 1.13 bits per heavy atom. The molecule has 0 atom stereocenters. The minimum atomic E-state index is -0.697. The third-order valence-corrected chi connectivity index (χ3v) is 4.35. The number of benzene rings is 2. The number of aromatic amines is 1. The van der Waals surface area contributed by atoms with Gasteiger partial charge in [-0.05, 0) is 23.8 Å². The second-order valence-electron chi connectivity index (χ2n) is 6.43. The van der Waals surface area contributed by atoms with Crippen LogP contribution in [0.1, 0.15) is 15.9 Å². The summed E-state index contributed by atoms with van der Waals surface area (Å²) < 4.78 is 19.7. The quantitative estimate of drug-likeness (QED) is 0.526. The number of anilines is 2. The monoisotopic (exact) mass is 412 g/mol. The molecule has 0 aliphatic carbocycles. The molecule has 156 valence electrons. The van der Waals surface area contributed by atoms with Gasteiger partial charge in [-0.2, -0.15) is 0 Å². The number of aromatic nitrogens is 2. The number of rotatable bonds is 8. The van der Waals surface area contributed by atoms with E-state index in [2.05, 4.69) is 15.6 Å². The topological polar surface area (TPSA) is 105 Å². The summed E-state index contributed by atoms with van der Waals surface area (Å²) in [6, 6.07) is 14.4. The molecule has 1 heterocycles. The minimum Gasteiger partial charge on any atom is -0.383 e. The molecule has 8 nitrogen and oxygen atoms in total. The molecule has 0 spiro atoms. The summed E-state index contributed by atoms with van der Waals surface area (Å²) in [5.41, 5.74) is -0.417. The van der Waals surface area contributed by atoms with Gasteiger partial charge in [0, 0.05) is 19.2 Å². The zero-order valence-corrected chi connectivity index (χ0v) is 16.3. The molecule has 0 fully saturated rings. The molecule has 3 rings (SSSR count). The van der Waals surface area contributed by atoms with Crippen molar-refractivity contribution in [3.63, 3.8) is 0 Å². The fraction of sp³-hybridized carbons (Fsp3) is 0.190. The van der Waals surface area contributed by atoms with Crippen LogP contribution in [0.3, 0.4) is 0 Å². The van der Waals surface area contributed by atoms with Gasteiger partial charge >= 0.3 is 5.69 Å². The highest BCUT2D eigenvalue weighted by molar-refractivity contribution is 6.05. The van der Waals surface area contributed by atoms with Crippen LogP contribution in [0, 0.1) is 5.82 Å². The predicted octanol–water partition coefficient (Wildman–Crippen LogP) is 2.19. The Kier molecular flexibility index (Phi) is 6.76. The van der Waals surface area contributed by atoms with E-state index in [0.717, 1.165) is 11.6 Å². The van der Waals surface area contributed by atoms with Gasteiger partial charge in [0.2, 0.25) is 0 Å². The summed E-state index contributed by atoms with van der Waals surface area (Å²) in [6.07, 6.45) is 0. The van der Waals surface area contributed by atoms with E-state index in [1.54, 1.807) is 0 Å². The van der Waals surface area contributed by atoms with Gasteiger partial charge in [-0.3, -0.25) is 19.1 Å². The molecule has 3 aromatic rings. The van der Waals surface area contributed by atoms with Crippen LogP contribution >= 0.6 is 0 Å². The third-order valence-electron chi connectivity index (χ3n) is 4.35. The summed E-state index contributed by atoms with van der Waals surface area (Å²) >= 11 is 0. The highest BCUT2D eigenvalue weighted by Gasteiger charge is 2.18. The van der Waals surface area contributed by atoms with E-state index in [1.165, 1.54) is 29.9 Å². The van der Waals surface area contributed by atoms with E-state index >= 15 is 0 Å². The average molecular weight is 412 g/mol. The molecule has 1 amide bonds. The van der Waals surface area contributed by atoms with Crippen molar-refractivity contribution in [3.05, 3.63) is 92.4 Å². The zero-order chi connectivity index (χ0) is 21.5. The highest BCUT2D eigenvalue weighted by Crippen LogP contribution is 2.18. The first kappa shape index (κ1) is 21.0. The maximum atomic E-state index is 13.5. The van der Waals surface area contributed by atoms with Crippen LogP contribution in [-0.2, 0) is 17.8 Å². The van der Waals surface area contributed by atoms with Crippen LogP contribution in [0.4, 0.5) is 15.9 Å². The Bertz CT molecular complexity index is 1140. The van der Waals surface area contributed by atoms with Gasteiger partial charge in [-0.15, -0.1) is 0 Å². The third kappa shape index (κ3) is 5.00. The molecule has 9 heteroatoms. The second-order valence-corrected chi connectivity index (χ2v) is 6.43. The van der Waals surface area contributed by atoms with Crippen molar-refractivity contribution in [1.82, 2.24) is 9.55 Å². The first-order valence-corrected chi connectivity index (χ1v) is 9.20. The lowest BCUT2D eigenvalue weighted by atomic mass is 10.2. The minimum absolute atomic E-state index is 0.0132. The maximum absolute atomic E-state index is 13.5. The van der Waals surface area contributed by atoms with Crippen molar-refractivity contribution >= 4 is 17.4 Å². The molecule has 0 aliphatic rings. The summed E-state index contributed by atoms with van der Waals surface area (Å²) in [6.45, 7) is 0.549. The molecular weight excluding hydrogens is 391 g/mol. The number of hydrogen-bond acceptors (Lipinski definition) is 5. The molecule has 0 aliphatic heterocycles. The maximum Gasteiger partial charge on any atom is 0.330 e. The zero-order valence-electron chi connectivity index (χ0n) is 16.3. The standard InChI is InChI=1S/C21H21FN4O4/c1-30-11-10-26-18(24-19(27)15-8-5-9-16(22)12-15)17(20(28)25-21(26)29)23-13-14-6-3-2-4-7-14/h2-9,12,23H,10-11,13H2,1H3,(H,24,27)(H,25,28,29). The van der Waals surface area contributed by atoms with Crippen molar-refractivity contribution in [3.8, 4) is 0 Å². The number of nitrogens with one attached hydrogen (secondary N) is 3. The number of ether oxygens (including phenoxy) is 1. The Labute approximate surface area is 171 Å². The number of hydrogen-bond donors (Lipinski definition) is 3. The molecule has 0 saturated heterocycles. The Balaban J connectivity index is 2.00. The van der Waals surface area contributed by atoms with Crippen LogP contribution in [0.5, 0.6) is 0 Å². The van der Waals surface area contributed by atoms with Gasteiger partial charge in [0.05, 0.1) is 13.2 Å². The van der Waals surface area contributed by atoms with Gasteiger partial charge in [0.25, 0.3) is 11.5 Å². The number of methoxy groups -OCH3 is 1. The number of nitrogens with zero attached hydrogens (tertiary/aromatic N) is 1. The molecule has 3 N–H and O–H groups in total. The number of H-pyrrole nitrogens is 1. The number of carbonyl (C=O) groups is 1. The Morgan fingerprint density at radius 2 is 1.90 bits per heavy atom. The second kappa shape index (κ2) is 9.66. The van der Waals surface area contributed by atoms with Gasteiger partial charge < -0.3 is 15.4 Å². The predicted molar refractivity (Wildman–Crippen MR) is 111 cm³/mol.